The molecule has 0 radical (unpaired) electrons. The molecule has 4 rings (SSSR count). The maximum Gasteiger partial charge on any atom is 0.119 e. The highest BCUT2D eigenvalue weighted by Crippen LogP contribution is 2.27. The Morgan fingerprint density at radius 1 is 0.960 bits per heavy atom. The van der Waals surface area contributed by atoms with Crippen LogP contribution in [-0.4, -0.2) is 36.2 Å². The van der Waals surface area contributed by atoms with Crippen LogP contribution in [0.15, 0.2) is 54.7 Å². The number of hydrogen-bond donors (Lipinski definition) is 0. The highest BCUT2D eigenvalue weighted by Gasteiger charge is 2.16. The van der Waals surface area contributed by atoms with E-state index >= 15 is 0 Å². The number of benzene rings is 2. The second-order valence-electron chi connectivity index (χ2n) is 6.97. The second-order valence-corrected chi connectivity index (χ2v) is 6.97. The summed E-state index contributed by atoms with van der Waals surface area (Å²) >= 11 is 0. The van der Waals surface area contributed by atoms with Crippen molar-refractivity contribution >= 4 is 10.9 Å². The fraction of sp³-hybridized carbons (Fsp3) is 0.364. The lowest BCUT2D eigenvalue weighted by Gasteiger charge is -2.13. The lowest BCUT2D eigenvalue weighted by atomic mass is 10.00. The summed E-state index contributed by atoms with van der Waals surface area (Å²) in [6, 6.07) is 16.9. The number of rotatable bonds is 5. The lowest BCUT2D eigenvalue weighted by Crippen LogP contribution is -2.20. The van der Waals surface area contributed by atoms with Crippen LogP contribution in [0.1, 0.15) is 17.5 Å². The van der Waals surface area contributed by atoms with Crippen LogP contribution in [0.2, 0.25) is 0 Å². The largest absolute Gasteiger partial charge is 0.494 e. The predicted molar refractivity (Wildman–Crippen MR) is 103 cm³/mol. The molecule has 1 aliphatic rings. The van der Waals surface area contributed by atoms with Gasteiger partial charge in [-0.3, -0.25) is 0 Å². The lowest BCUT2D eigenvalue weighted by molar-refractivity contribution is 0.302. The van der Waals surface area contributed by atoms with Crippen LogP contribution in [0.5, 0.6) is 5.75 Å². The highest BCUT2D eigenvalue weighted by molar-refractivity contribution is 5.84. The van der Waals surface area contributed by atoms with Crippen LogP contribution in [0.4, 0.5) is 0 Å². The Hall–Kier alpha value is -2.26. The summed E-state index contributed by atoms with van der Waals surface area (Å²) in [6.07, 6.45) is 5.56. The molecule has 0 N–H and O–H groups in total. The van der Waals surface area contributed by atoms with Gasteiger partial charge in [-0.05, 0) is 61.0 Å². The summed E-state index contributed by atoms with van der Waals surface area (Å²) in [6.45, 7) is 4.06. The van der Waals surface area contributed by atoms with E-state index in [1.54, 1.807) is 5.56 Å². The third kappa shape index (κ3) is 3.57. The molecule has 2 aromatic carbocycles. The van der Waals surface area contributed by atoms with E-state index in [4.69, 9.17) is 4.74 Å². The monoisotopic (exact) mass is 334 g/mol. The Bertz CT molecular complexity index is 838. The van der Waals surface area contributed by atoms with Crippen LogP contribution in [0.25, 0.3) is 10.9 Å². The summed E-state index contributed by atoms with van der Waals surface area (Å²) in [5.41, 5.74) is 4.51. The van der Waals surface area contributed by atoms with Crippen LogP contribution in [0, 0.1) is 0 Å². The van der Waals surface area contributed by atoms with Crippen molar-refractivity contribution in [1.29, 1.82) is 0 Å². The number of fused-ring (bicyclic) bond motifs is 3. The molecule has 0 saturated carbocycles. The van der Waals surface area contributed by atoms with Crippen molar-refractivity contribution in [3.63, 3.8) is 0 Å². The fourth-order valence-electron chi connectivity index (χ4n) is 3.78. The standard InChI is InChI=1S/C22H26N2O/c1-23-14-10-18-8-9-19-11-16-24(22(19)21(18)12-15-23)13-5-17-25-20-6-3-2-4-7-20/h2-4,6-9,11,16H,5,10,12-15,17H2,1H3. The second kappa shape index (κ2) is 7.32. The van der Waals surface area contributed by atoms with Crippen molar-refractivity contribution in [2.75, 3.05) is 26.7 Å². The Labute approximate surface area is 149 Å². The first-order chi connectivity index (χ1) is 12.3. The normalized spacial score (nSPS) is 15.1. The van der Waals surface area contributed by atoms with Crippen molar-refractivity contribution in [3.05, 3.63) is 65.9 Å². The topological polar surface area (TPSA) is 17.4 Å². The van der Waals surface area contributed by atoms with E-state index < -0.39 is 0 Å². The van der Waals surface area contributed by atoms with Gasteiger partial charge in [0.05, 0.1) is 12.1 Å². The smallest absolute Gasteiger partial charge is 0.119 e. The molecule has 0 spiro atoms. The van der Waals surface area contributed by atoms with Crippen molar-refractivity contribution in [2.45, 2.75) is 25.8 Å². The summed E-state index contributed by atoms with van der Waals surface area (Å²) in [7, 11) is 2.23. The van der Waals surface area contributed by atoms with Gasteiger partial charge >= 0.3 is 0 Å². The zero-order chi connectivity index (χ0) is 17.1. The van der Waals surface area contributed by atoms with Gasteiger partial charge in [-0.25, -0.2) is 0 Å². The minimum Gasteiger partial charge on any atom is -0.494 e. The third-order valence-electron chi connectivity index (χ3n) is 5.19. The van der Waals surface area contributed by atoms with E-state index in [0.29, 0.717) is 0 Å². The molecule has 2 heterocycles. The Morgan fingerprint density at radius 2 is 1.80 bits per heavy atom. The number of likely N-dealkylation sites (N-methyl/N-ethyl adjacent to an activating group) is 1. The average Bonchev–Trinajstić information content (AvgIpc) is 2.96. The molecule has 0 bridgehead atoms. The molecule has 0 saturated heterocycles. The van der Waals surface area contributed by atoms with E-state index in [1.165, 1.54) is 16.5 Å². The molecule has 1 aromatic heterocycles. The number of aryl methyl sites for hydroxylation is 1. The van der Waals surface area contributed by atoms with E-state index in [-0.39, 0.29) is 0 Å². The van der Waals surface area contributed by atoms with Gasteiger partial charge in [-0.1, -0.05) is 30.3 Å². The zero-order valence-corrected chi connectivity index (χ0v) is 14.9. The molecular weight excluding hydrogens is 308 g/mol. The Kier molecular flexibility index (Phi) is 4.75. The average molecular weight is 334 g/mol. The fourth-order valence-corrected chi connectivity index (χ4v) is 3.78. The number of ether oxygens (including phenoxy) is 1. The zero-order valence-electron chi connectivity index (χ0n) is 14.9. The van der Waals surface area contributed by atoms with Crippen molar-refractivity contribution in [3.8, 4) is 5.75 Å². The first-order valence-electron chi connectivity index (χ1n) is 9.27. The van der Waals surface area contributed by atoms with Crippen LogP contribution in [0.3, 0.4) is 0 Å². The molecule has 130 valence electrons. The summed E-state index contributed by atoms with van der Waals surface area (Å²) < 4.78 is 8.27. The number of aromatic nitrogens is 1. The first-order valence-corrected chi connectivity index (χ1v) is 9.27. The number of hydrogen-bond acceptors (Lipinski definition) is 2. The quantitative estimate of drug-likeness (QED) is 0.653. The summed E-state index contributed by atoms with van der Waals surface area (Å²) in [4.78, 5) is 2.44. The van der Waals surface area contributed by atoms with Gasteiger partial charge in [0.25, 0.3) is 0 Å². The Morgan fingerprint density at radius 3 is 2.68 bits per heavy atom. The summed E-state index contributed by atoms with van der Waals surface area (Å²) in [5, 5.41) is 1.37. The molecule has 0 unspecified atom stereocenters. The van der Waals surface area contributed by atoms with Gasteiger partial charge in [0.2, 0.25) is 0 Å². The molecule has 3 aromatic rings. The molecule has 1 aliphatic heterocycles. The van der Waals surface area contributed by atoms with Gasteiger partial charge in [-0.2, -0.15) is 0 Å². The molecule has 0 fully saturated rings. The van der Waals surface area contributed by atoms with Crippen LogP contribution >= 0.6 is 0 Å². The van der Waals surface area contributed by atoms with Crippen molar-refractivity contribution < 1.29 is 4.74 Å². The van der Waals surface area contributed by atoms with E-state index in [9.17, 15) is 0 Å². The molecule has 0 atom stereocenters. The number of para-hydroxylation sites is 1. The van der Waals surface area contributed by atoms with Gasteiger partial charge < -0.3 is 14.2 Å². The number of nitrogens with zero attached hydrogens (tertiary/aromatic N) is 2. The van der Waals surface area contributed by atoms with E-state index in [2.05, 4.69) is 40.9 Å². The highest BCUT2D eigenvalue weighted by atomic mass is 16.5. The third-order valence-corrected chi connectivity index (χ3v) is 5.19. The van der Waals surface area contributed by atoms with Gasteiger partial charge in [0.1, 0.15) is 5.75 Å². The van der Waals surface area contributed by atoms with Gasteiger partial charge in [0.15, 0.2) is 0 Å². The molecule has 25 heavy (non-hydrogen) atoms. The first kappa shape index (κ1) is 16.2. The SMILES string of the molecule is CN1CCc2ccc3ccn(CCCOc4ccccc4)c3c2CC1. The molecule has 3 heteroatoms. The van der Waals surface area contributed by atoms with E-state index in [0.717, 1.165) is 51.3 Å². The maximum atomic E-state index is 5.84. The minimum atomic E-state index is 0.751. The van der Waals surface area contributed by atoms with Crippen molar-refractivity contribution in [1.82, 2.24) is 9.47 Å². The van der Waals surface area contributed by atoms with Crippen LogP contribution in [-0.2, 0) is 19.4 Å². The van der Waals surface area contributed by atoms with Crippen LogP contribution < -0.4 is 4.74 Å². The Balaban J connectivity index is 1.48. The molecular formula is C22H26N2O. The van der Waals surface area contributed by atoms with E-state index in [1.807, 2.05) is 30.3 Å². The molecule has 3 nitrogen and oxygen atoms in total. The summed E-state index contributed by atoms with van der Waals surface area (Å²) in [5.74, 6) is 0.955. The minimum absolute atomic E-state index is 0.751. The van der Waals surface area contributed by atoms with Crippen molar-refractivity contribution in [2.24, 2.45) is 0 Å². The van der Waals surface area contributed by atoms with Gasteiger partial charge in [0, 0.05) is 25.8 Å². The predicted octanol–water partition coefficient (Wildman–Crippen LogP) is 4.14. The molecule has 0 amide bonds. The van der Waals surface area contributed by atoms with Gasteiger partial charge in [-0.15, -0.1) is 0 Å². The molecule has 0 aliphatic carbocycles. The maximum absolute atomic E-state index is 5.84.